The van der Waals surface area contributed by atoms with Crippen molar-refractivity contribution in [2.75, 3.05) is 5.73 Å². The summed E-state index contributed by atoms with van der Waals surface area (Å²) in [5, 5.41) is -0.472. The maximum atomic E-state index is 13.4. The van der Waals surface area contributed by atoms with Crippen molar-refractivity contribution in [1.82, 2.24) is 4.98 Å². The summed E-state index contributed by atoms with van der Waals surface area (Å²) in [5.74, 6) is 0. The largest absolute Gasteiger partial charge is 0.446 e. The van der Waals surface area contributed by atoms with E-state index in [0.717, 1.165) is 0 Å². The highest BCUT2D eigenvalue weighted by atomic mass is 32.2. The van der Waals surface area contributed by atoms with Crippen LogP contribution < -0.4 is 5.73 Å². The molecule has 2 nitrogen and oxygen atoms in total. The molecule has 0 aliphatic carbocycles. The molecule has 0 fully saturated rings. The summed E-state index contributed by atoms with van der Waals surface area (Å²) < 4.78 is 49.7. The lowest BCUT2D eigenvalue weighted by atomic mass is 10.2. The fraction of sp³-hybridized carbons (Fsp3) is 0.100. The van der Waals surface area contributed by atoms with Gasteiger partial charge in [0.2, 0.25) is 5.13 Å². The Morgan fingerprint density at radius 3 is 2.22 bits per heavy atom. The quantitative estimate of drug-likeness (QED) is 0.668. The van der Waals surface area contributed by atoms with Gasteiger partial charge in [0.1, 0.15) is 5.69 Å². The van der Waals surface area contributed by atoms with E-state index < -0.39 is 10.6 Å². The third kappa shape index (κ3) is 3.14. The Labute approximate surface area is 108 Å². The molecule has 2 aromatic rings. The molecule has 0 aliphatic rings. The van der Waals surface area contributed by atoms with Crippen LogP contribution in [-0.2, 0) is 0 Å². The molecule has 0 amide bonds. The lowest BCUT2D eigenvalue weighted by molar-refractivity contribution is -0.0328. The van der Waals surface area contributed by atoms with E-state index in [1.807, 2.05) is 0 Å². The minimum absolute atomic E-state index is 0.0369. The predicted octanol–water partition coefficient (Wildman–Crippen LogP) is 4.14. The van der Waals surface area contributed by atoms with Crippen molar-refractivity contribution in [2.45, 2.75) is 10.4 Å². The molecule has 0 aliphatic heterocycles. The lowest BCUT2D eigenvalue weighted by Crippen LogP contribution is -1.98. The molecule has 2 N–H and O–H groups in total. The van der Waals surface area contributed by atoms with Crippen LogP contribution in [0.25, 0.3) is 11.3 Å². The van der Waals surface area contributed by atoms with Gasteiger partial charge in [0.05, 0.1) is 0 Å². The van der Waals surface area contributed by atoms with Crippen LogP contribution in [0.2, 0.25) is 0 Å². The Balaban J connectivity index is 2.25. The number of benzene rings is 1. The molecule has 2 rings (SSSR count). The number of nitrogens with two attached hydrogens (primary N) is 1. The summed E-state index contributed by atoms with van der Waals surface area (Å²) in [6.45, 7) is 0. The van der Waals surface area contributed by atoms with Crippen LogP contribution >= 0.6 is 23.1 Å². The molecule has 0 unspecified atom stereocenters. The maximum Gasteiger partial charge on any atom is 0.446 e. The Hall–Kier alpha value is -1.28. The van der Waals surface area contributed by atoms with E-state index in [9.17, 15) is 17.6 Å². The van der Waals surface area contributed by atoms with E-state index in [1.165, 1.54) is 24.3 Å². The smallest absolute Gasteiger partial charge is 0.375 e. The van der Waals surface area contributed by atoms with Crippen LogP contribution in [0.5, 0.6) is 0 Å². The normalized spacial score (nSPS) is 11.8. The number of thiazole rings is 1. The number of hydrogen-bond donors (Lipinski definition) is 1. The van der Waals surface area contributed by atoms with Crippen molar-refractivity contribution in [3.05, 3.63) is 29.4 Å². The number of anilines is 1. The average Bonchev–Trinajstić information content (AvgIpc) is 2.57. The summed E-state index contributed by atoms with van der Waals surface area (Å²) in [6.07, 6.45) is 0. The predicted molar refractivity (Wildman–Crippen MR) is 63.8 cm³/mol. The van der Waals surface area contributed by atoms with Gasteiger partial charge >= 0.3 is 5.51 Å². The minimum atomic E-state index is -4.34. The van der Waals surface area contributed by atoms with Crippen molar-refractivity contribution >= 4 is 28.2 Å². The average molecular weight is 294 g/mol. The molecule has 0 saturated heterocycles. The highest BCUT2D eigenvalue weighted by Crippen LogP contribution is 2.37. The third-order valence-corrected chi connectivity index (χ3v) is 3.38. The van der Waals surface area contributed by atoms with Crippen molar-refractivity contribution < 1.29 is 17.6 Å². The summed E-state index contributed by atoms with van der Waals surface area (Å²) in [7, 11) is 0. The van der Waals surface area contributed by atoms with Gasteiger partial charge < -0.3 is 5.73 Å². The second-order valence-corrected chi connectivity index (χ2v) is 5.37. The van der Waals surface area contributed by atoms with Crippen molar-refractivity contribution in [3.63, 3.8) is 0 Å². The molecule has 1 aromatic heterocycles. The molecule has 1 heterocycles. The van der Waals surface area contributed by atoms with E-state index in [0.29, 0.717) is 16.9 Å². The SMILES string of the molecule is Nc1nc(-c2ccc(SC(F)(F)F)cc2)c(F)s1. The third-order valence-electron chi connectivity index (χ3n) is 1.96. The molecular weight excluding hydrogens is 288 g/mol. The second kappa shape index (κ2) is 4.77. The zero-order valence-corrected chi connectivity index (χ0v) is 10.3. The van der Waals surface area contributed by atoms with Gasteiger partial charge in [-0.3, -0.25) is 0 Å². The molecule has 1 aromatic carbocycles. The first-order valence-corrected chi connectivity index (χ1v) is 6.26. The zero-order chi connectivity index (χ0) is 13.3. The molecule has 0 radical (unpaired) electrons. The highest BCUT2D eigenvalue weighted by Gasteiger charge is 2.29. The van der Waals surface area contributed by atoms with Crippen LogP contribution in [0.4, 0.5) is 22.7 Å². The summed E-state index contributed by atoms with van der Waals surface area (Å²) in [4.78, 5) is 3.81. The Bertz CT molecular complexity index is 548. The summed E-state index contributed by atoms with van der Waals surface area (Å²) in [5.41, 5.74) is 1.46. The van der Waals surface area contributed by atoms with E-state index in [-0.39, 0.29) is 27.5 Å². The molecule has 8 heteroatoms. The van der Waals surface area contributed by atoms with Crippen LogP contribution in [0.1, 0.15) is 0 Å². The molecule has 96 valence electrons. The van der Waals surface area contributed by atoms with Crippen molar-refractivity contribution in [1.29, 1.82) is 0 Å². The number of hydrogen-bond acceptors (Lipinski definition) is 4. The number of thioether (sulfide) groups is 1. The van der Waals surface area contributed by atoms with Gasteiger partial charge in [-0.15, -0.1) is 0 Å². The van der Waals surface area contributed by atoms with Crippen molar-refractivity contribution in [2.24, 2.45) is 0 Å². The van der Waals surface area contributed by atoms with E-state index in [4.69, 9.17) is 5.73 Å². The standard InChI is InChI=1S/C10H6F4N2S2/c11-8-7(16-9(15)17-8)5-1-3-6(4-2-5)18-10(12,13)14/h1-4H,(H2,15,16). The Kier molecular flexibility index (Phi) is 3.49. The fourth-order valence-electron chi connectivity index (χ4n) is 1.31. The molecule has 0 spiro atoms. The van der Waals surface area contributed by atoms with Crippen molar-refractivity contribution in [3.8, 4) is 11.3 Å². The van der Waals surface area contributed by atoms with Crippen LogP contribution in [0, 0.1) is 5.13 Å². The summed E-state index contributed by atoms with van der Waals surface area (Å²) >= 11 is 0.471. The first-order valence-electron chi connectivity index (χ1n) is 4.63. The lowest BCUT2D eigenvalue weighted by Gasteiger charge is -2.05. The number of nitrogens with zero attached hydrogens (tertiary/aromatic N) is 1. The first kappa shape index (κ1) is 13.2. The van der Waals surface area contributed by atoms with Crippen LogP contribution in [0.3, 0.4) is 0 Å². The maximum absolute atomic E-state index is 13.4. The van der Waals surface area contributed by atoms with Gasteiger partial charge in [-0.25, -0.2) is 4.98 Å². The number of alkyl halides is 3. The van der Waals surface area contributed by atoms with Gasteiger partial charge in [0, 0.05) is 10.5 Å². The fourth-order valence-corrected chi connectivity index (χ4v) is 2.43. The number of halogens is 4. The minimum Gasteiger partial charge on any atom is -0.375 e. The highest BCUT2D eigenvalue weighted by molar-refractivity contribution is 8.00. The number of aromatic nitrogens is 1. The van der Waals surface area contributed by atoms with Gasteiger partial charge in [0.25, 0.3) is 0 Å². The van der Waals surface area contributed by atoms with Gasteiger partial charge in [-0.2, -0.15) is 17.6 Å². The van der Waals surface area contributed by atoms with Crippen LogP contribution in [-0.4, -0.2) is 10.5 Å². The monoisotopic (exact) mass is 294 g/mol. The topological polar surface area (TPSA) is 38.9 Å². The molecule has 18 heavy (non-hydrogen) atoms. The van der Waals surface area contributed by atoms with E-state index in [1.54, 1.807) is 0 Å². The summed E-state index contributed by atoms with van der Waals surface area (Å²) in [6, 6.07) is 5.29. The first-order chi connectivity index (χ1) is 8.35. The van der Waals surface area contributed by atoms with Gasteiger partial charge in [-0.05, 0) is 23.9 Å². The van der Waals surface area contributed by atoms with E-state index in [2.05, 4.69) is 4.98 Å². The van der Waals surface area contributed by atoms with E-state index >= 15 is 0 Å². The van der Waals surface area contributed by atoms with Crippen LogP contribution in [0.15, 0.2) is 29.2 Å². The molecular formula is C10H6F4N2S2. The van der Waals surface area contributed by atoms with Gasteiger partial charge in [0.15, 0.2) is 5.13 Å². The molecule has 0 saturated carbocycles. The molecule has 0 atom stereocenters. The number of nitrogen functional groups attached to an aromatic ring is 1. The Morgan fingerprint density at radius 2 is 1.78 bits per heavy atom. The zero-order valence-electron chi connectivity index (χ0n) is 8.66. The molecule has 0 bridgehead atoms. The second-order valence-electron chi connectivity index (χ2n) is 3.25. The Morgan fingerprint density at radius 1 is 1.17 bits per heavy atom. The van der Waals surface area contributed by atoms with Gasteiger partial charge in [-0.1, -0.05) is 23.5 Å². The number of rotatable bonds is 2.